The molecule has 0 radical (unpaired) electrons. The van der Waals surface area contributed by atoms with E-state index in [0.29, 0.717) is 19.6 Å². The summed E-state index contributed by atoms with van der Waals surface area (Å²) in [6.07, 6.45) is 3.78. The molecule has 0 saturated carbocycles. The molecule has 1 aromatic heterocycles. The molecule has 0 aliphatic carbocycles. The Hall–Kier alpha value is -2.07. The van der Waals surface area contributed by atoms with Crippen LogP contribution in [-0.4, -0.2) is 29.1 Å². The first kappa shape index (κ1) is 16.8. The van der Waals surface area contributed by atoms with Gasteiger partial charge in [-0.05, 0) is 44.4 Å². The maximum Gasteiger partial charge on any atom is 0.227 e. The minimum Gasteiger partial charge on any atom is -0.467 e. The second-order valence-corrected chi connectivity index (χ2v) is 7.02. The van der Waals surface area contributed by atoms with Crippen LogP contribution in [0.4, 0.5) is 0 Å². The lowest BCUT2D eigenvalue weighted by Crippen LogP contribution is -2.48. The van der Waals surface area contributed by atoms with Crippen LogP contribution in [0.1, 0.15) is 38.0 Å². The number of nitrogens with zero attached hydrogens (tertiary/aromatic N) is 1. The average Bonchev–Trinajstić information content (AvgIpc) is 3.05. The SMILES string of the molecule is CC1(C)C[C@@H](N(Cc2ccco2)C(=O)Cc2ccccc2)CCO1. The second kappa shape index (κ2) is 7.22. The Labute approximate surface area is 143 Å². The van der Waals surface area contributed by atoms with E-state index in [1.807, 2.05) is 47.4 Å². The molecular formula is C20H25NO3. The van der Waals surface area contributed by atoms with Gasteiger partial charge in [0.1, 0.15) is 5.76 Å². The fourth-order valence-corrected chi connectivity index (χ4v) is 3.33. The number of benzene rings is 1. The molecule has 128 valence electrons. The Morgan fingerprint density at radius 2 is 2.00 bits per heavy atom. The highest BCUT2D eigenvalue weighted by atomic mass is 16.5. The van der Waals surface area contributed by atoms with E-state index in [1.54, 1.807) is 6.26 Å². The molecule has 1 amide bonds. The smallest absolute Gasteiger partial charge is 0.227 e. The third-order valence-corrected chi connectivity index (χ3v) is 4.54. The summed E-state index contributed by atoms with van der Waals surface area (Å²) in [4.78, 5) is 15.0. The van der Waals surface area contributed by atoms with Gasteiger partial charge >= 0.3 is 0 Å². The summed E-state index contributed by atoms with van der Waals surface area (Å²) in [5.41, 5.74) is 0.843. The molecule has 0 bridgehead atoms. The third-order valence-electron chi connectivity index (χ3n) is 4.54. The van der Waals surface area contributed by atoms with Crippen LogP contribution in [0.15, 0.2) is 53.1 Å². The molecule has 1 atom stereocenters. The van der Waals surface area contributed by atoms with Gasteiger partial charge in [-0.25, -0.2) is 0 Å². The highest BCUT2D eigenvalue weighted by Gasteiger charge is 2.34. The number of furan rings is 1. The van der Waals surface area contributed by atoms with Crippen LogP contribution in [0.5, 0.6) is 0 Å². The monoisotopic (exact) mass is 327 g/mol. The Balaban J connectivity index is 1.77. The van der Waals surface area contributed by atoms with Gasteiger partial charge in [-0.15, -0.1) is 0 Å². The molecule has 1 aliphatic heterocycles. The highest BCUT2D eigenvalue weighted by molar-refractivity contribution is 5.79. The summed E-state index contributed by atoms with van der Waals surface area (Å²) < 4.78 is 11.3. The first-order valence-electron chi connectivity index (χ1n) is 8.53. The van der Waals surface area contributed by atoms with Crippen molar-refractivity contribution >= 4 is 5.91 Å². The first-order valence-corrected chi connectivity index (χ1v) is 8.53. The third kappa shape index (κ3) is 4.26. The summed E-state index contributed by atoms with van der Waals surface area (Å²) in [6, 6.07) is 13.9. The van der Waals surface area contributed by atoms with Crippen LogP contribution >= 0.6 is 0 Å². The molecule has 2 heterocycles. The van der Waals surface area contributed by atoms with Gasteiger partial charge in [-0.1, -0.05) is 30.3 Å². The largest absolute Gasteiger partial charge is 0.467 e. The quantitative estimate of drug-likeness (QED) is 0.839. The molecule has 1 fully saturated rings. The zero-order valence-electron chi connectivity index (χ0n) is 14.4. The van der Waals surface area contributed by atoms with Crippen molar-refractivity contribution in [1.29, 1.82) is 0 Å². The molecule has 24 heavy (non-hydrogen) atoms. The van der Waals surface area contributed by atoms with Crippen molar-refractivity contribution < 1.29 is 13.9 Å². The Morgan fingerprint density at radius 3 is 2.67 bits per heavy atom. The van der Waals surface area contributed by atoms with Crippen LogP contribution in [-0.2, 0) is 22.5 Å². The van der Waals surface area contributed by atoms with Crippen LogP contribution in [0.2, 0.25) is 0 Å². The normalized spacial score (nSPS) is 19.8. The highest BCUT2D eigenvalue weighted by Crippen LogP contribution is 2.29. The van der Waals surface area contributed by atoms with Crippen LogP contribution in [0.3, 0.4) is 0 Å². The first-order chi connectivity index (χ1) is 11.5. The van der Waals surface area contributed by atoms with E-state index in [9.17, 15) is 4.79 Å². The summed E-state index contributed by atoms with van der Waals surface area (Å²) in [5.74, 6) is 0.959. The van der Waals surface area contributed by atoms with Crippen molar-refractivity contribution in [2.24, 2.45) is 0 Å². The summed E-state index contributed by atoms with van der Waals surface area (Å²) in [7, 11) is 0. The van der Waals surface area contributed by atoms with Crippen molar-refractivity contribution in [2.45, 2.75) is 51.3 Å². The molecule has 0 N–H and O–H groups in total. The van der Waals surface area contributed by atoms with Gasteiger partial charge in [0, 0.05) is 12.6 Å². The minimum atomic E-state index is -0.197. The molecule has 0 unspecified atom stereocenters. The molecule has 2 aromatic rings. The van der Waals surface area contributed by atoms with Crippen molar-refractivity contribution in [2.75, 3.05) is 6.61 Å². The van der Waals surface area contributed by atoms with Gasteiger partial charge in [0.2, 0.25) is 5.91 Å². The number of rotatable bonds is 5. The molecule has 0 spiro atoms. The predicted molar refractivity (Wildman–Crippen MR) is 92.5 cm³/mol. The van der Waals surface area contributed by atoms with Crippen LogP contribution in [0, 0.1) is 0 Å². The standard InChI is InChI=1S/C20H25NO3/c1-20(2)14-17(10-12-24-20)21(15-18-9-6-11-23-18)19(22)13-16-7-4-3-5-8-16/h3-9,11,17H,10,12-15H2,1-2H3/t17-/m0/s1. The van der Waals surface area contributed by atoms with Crippen LogP contribution in [0.25, 0.3) is 0 Å². The lowest BCUT2D eigenvalue weighted by atomic mass is 9.92. The van der Waals surface area contributed by atoms with Gasteiger partial charge in [0.05, 0.1) is 24.8 Å². The topological polar surface area (TPSA) is 42.7 Å². The van der Waals surface area contributed by atoms with E-state index in [-0.39, 0.29) is 17.6 Å². The number of carbonyl (C=O) groups is 1. The molecule has 1 aliphatic rings. The van der Waals surface area contributed by atoms with Crippen molar-refractivity contribution in [3.05, 3.63) is 60.1 Å². The van der Waals surface area contributed by atoms with Gasteiger partial charge in [0.15, 0.2) is 0 Å². The zero-order valence-corrected chi connectivity index (χ0v) is 14.4. The fraction of sp³-hybridized carbons (Fsp3) is 0.450. The Morgan fingerprint density at radius 1 is 1.21 bits per heavy atom. The summed E-state index contributed by atoms with van der Waals surface area (Å²) in [6.45, 7) is 5.38. The Bertz CT molecular complexity index is 649. The number of amides is 1. The predicted octanol–water partition coefficient (Wildman–Crippen LogP) is 3.81. The van der Waals surface area contributed by atoms with Gasteiger partial charge in [-0.2, -0.15) is 0 Å². The maximum atomic E-state index is 13.0. The van der Waals surface area contributed by atoms with E-state index in [0.717, 1.165) is 24.2 Å². The number of hydrogen-bond donors (Lipinski definition) is 0. The van der Waals surface area contributed by atoms with Gasteiger partial charge < -0.3 is 14.1 Å². The molecular weight excluding hydrogens is 302 g/mol. The Kier molecular flexibility index (Phi) is 5.05. The number of carbonyl (C=O) groups excluding carboxylic acids is 1. The van der Waals surface area contributed by atoms with E-state index in [1.165, 1.54) is 0 Å². The molecule has 3 rings (SSSR count). The molecule has 4 nitrogen and oxygen atoms in total. The van der Waals surface area contributed by atoms with E-state index >= 15 is 0 Å². The lowest BCUT2D eigenvalue weighted by Gasteiger charge is -2.41. The molecule has 1 aromatic carbocycles. The van der Waals surface area contributed by atoms with Crippen molar-refractivity contribution in [3.63, 3.8) is 0 Å². The fourth-order valence-electron chi connectivity index (χ4n) is 3.33. The van der Waals surface area contributed by atoms with E-state index in [2.05, 4.69) is 13.8 Å². The summed E-state index contributed by atoms with van der Waals surface area (Å²) >= 11 is 0. The molecule has 4 heteroatoms. The number of hydrogen-bond acceptors (Lipinski definition) is 3. The number of ether oxygens (including phenoxy) is 1. The van der Waals surface area contributed by atoms with Crippen molar-refractivity contribution in [3.8, 4) is 0 Å². The van der Waals surface area contributed by atoms with Crippen LogP contribution < -0.4 is 0 Å². The zero-order chi connectivity index (χ0) is 17.0. The minimum absolute atomic E-state index is 0.139. The van der Waals surface area contributed by atoms with Crippen molar-refractivity contribution in [1.82, 2.24) is 4.90 Å². The average molecular weight is 327 g/mol. The summed E-state index contributed by atoms with van der Waals surface area (Å²) in [5, 5.41) is 0. The lowest BCUT2D eigenvalue weighted by molar-refractivity contribution is -0.141. The van der Waals surface area contributed by atoms with E-state index < -0.39 is 0 Å². The van der Waals surface area contributed by atoms with E-state index in [4.69, 9.17) is 9.15 Å². The molecule has 1 saturated heterocycles. The second-order valence-electron chi connectivity index (χ2n) is 7.02. The van der Waals surface area contributed by atoms with Gasteiger partial charge in [0.25, 0.3) is 0 Å². The maximum absolute atomic E-state index is 13.0. The van der Waals surface area contributed by atoms with Gasteiger partial charge in [-0.3, -0.25) is 4.79 Å².